The number of hydrogen-bond acceptors (Lipinski definition) is 4. The van der Waals surface area contributed by atoms with Crippen molar-refractivity contribution in [2.24, 2.45) is 5.84 Å². The lowest BCUT2D eigenvalue weighted by atomic mass is 10.2. The van der Waals surface area contributed by atoms with Gasteiger partial charge in [-0.05, 0) is 25.5 Å². The highest BCUT2D eigenvalue weighted by atomic mass is 16.1. The zero-order valence-corrected chi connectivity index (χ0v) is 8.95. The smallest absolute Gasteiger partial charge is 0.270 e. The first-order valence-electron chi connectivity index (χ1n) is 4.92. The van der Waals surface area contributed by atoms with Gasteiger partial charge in [0, 0.05) is 6.04 Å². The number of pyridine rings is 1. The van der Waals surface area contributed by atoms with Crippen molar-refractivity contribution in [3.05, 3.63) is 23.9 Å². The van der Waals surface area contributed by atoms with Crippen LogP contribution in [0.3, 0.4) is 0 Å². The van der Waals surface area contributed by atoms with Crippen molar-refractivity contribution < 1.29 is 4.79 Å². The summed E-state index contributed by atoms with van der Waals surface area (Å²) in [7, 11) is 0. The second-order valence-corrected chi connectivity index (χ2v) is 3.34. The van der Waals surface area contributed by atoms with Crippen LogP contribution in [0.5, 0.6) is 0 Å². The number of amides is 1. The van der Waals surface area contributed by atoms with Gasteiger partial charge in [-0.2, -0.15) is 0 Å². The van der Waals surface area contributed by atoms with Crippen molar-refractivity contribution in [3.8, 4) is 0 Å². The van der Waals surface area contributed by atoms with Crippen molar-refractivity contribution in [3.63, 3.8) is 0 Å². The van der Waals surface area contributed by atoms with Crippen LogP contribution in [0, 0.1) is 0 Å². The molecule has 1 unspecified atom stereocenters. The first-order chi connectivity index (χ1) is 7.17. The number of carbonyl (C=O) groups excluding carboxylic acids is 1. The van der Waals surface area contributed by atoms with Gasteiger partial charge in [-0.3, -0.25) is 4.79 Å². The summed E-state index contributed by atoms with van der Waals surface area (Å²) in [5, 5.41) is 2.83. The van der Waals surface area contributed by atoms with Crippen molar-refractivity contribution in [1.82, 2.24) is 10.3 Å². The van der Waals surface area contributed by atoms with Crippen molar-refractivity contribution in [2.45, 2.75) is 26.3 Å². The third-order valence-corrected chi connectivity index (χ3v) is 2.12. The molecule has 1 atom stereocenters. The van der Waals surface area contributed by atoms with Crippen LogP contribution in [0.2, 0.25) is 0 Å². The number of nitrogens with two attached hydrogens (primary N) is 1. The van der Waals surface area contributed by atoms with E-state index in [1.54, 1.807) is 18.2 Å². The largest absolute Gasteiger partial charge is 0.348 e. The molecule has 5 heteroatoms. The lowest BCUT2D eigenvalue weighted by molar-refractivity contribution is 0.0934. The minimum atomic E-state index is -0.179. The quantitative estimate of drug-likeness (QED) is 0.507. The maximum absolute atomic E-state index is 11.6. The second kappa shape index (κ2) is 5.31. The van der Waals surface area contributed by atoms with Gasteiger partial charge in [-0.1, -0.05) is 13.0 Å². The molecule has 1 heterocycles. The molecule has 0 radical (unpaired) electrons. The van der Waals surface area contributed by atoms with Gasteiger partial charge in [-0.25, -0.2) is 10.8 Å². The predicted molar refractivity (Wildman–Crippen MR) is 59.3 cm³/mol. The Hall–Kier alpha value is -1.62. The van der Waals surface area contributed by atoms with E-state index in [0.717, 1.165) is 6.42 Å². The average Bonchev–Trinajstić information content (AvgIpc) is 2.28. The summed E-state index contributed by atoms with van der Waals surface area (Å²) < 4.78 is 0. The Morgan fingerprint density at radius 1 is 1.60 bits per heavy atom. The van der Waals surface area contributed by atoms with E-state index >= 15 is 0 Å². The van der Waals surface area contributed by atoms with E-state index in [-0.39, 0.29) is 11.9 Å². The number of nitrogen functional groups attached to an aromatic ring is 1. The van der Waals surface area contributed by atoms with Crippen LogP contribution in [0.25, 0.3) is 0 Å². The number of anilines is 1. The Bertz CT molecular complexity index is 340. The summed E-state index contributed by atoms with van der Waals surface area (Å²) >= 11 is 0. The molecular weight excluding hydrogens is 192 g/mol. The molecule has 1 rings (SSSR count). The van der Waals surface area contributed by atoms with E-state index in [0.29, 0.717) is 11.5 Å². The van der Waals surface area contributed by atoms with Crippen LogP contribution >= 0.6 is 0 Å². The molecule has 1 aromatic rings. The molecule has 15 heavy (non-hydrogen) atoms. The molecule has 0 aliphatic heterocycles. The monoisotopic (exact) mass is 208 g/mol. The number of carbonyl (C=O) groups is 1. The van der Waals surface area contributed by atoms with E-state index < -0.39 is 0 Å². The van der Waals surface area contributed by atoms with Crippen LogP contribution < -0.4 is 16.6 Å². The van der Waals surface area contributed by atoms with Gasteiger partial charge in [0.2, 0.25) is 0 Å². The topological polar surface area (TPSA) is 80.0 Å². The molecule has 0 saturated heterocycles. The highest BCUT2D eigenvalue weighted by molar-refractivity contribution is 5.92. The van der Waals surface area contributed by atoms with Crippen LogP contribution in [-0.2, 0) is 0 Å². The van der Waals surface area contributed by atoms with E-state index in [1.165, 1.54) is 0 Å². The molecule has 0 saturated carbocycles. The molecule has 1 amide bonds. The number of rotatable bonds is 4. The van der Waals surface area contributed by atoms with Gasteiger partial charge in [-0.15, -0.1) is 0 Å². The molecule has 0 aromatic carbocycles. The Morgan fingerprint density at radius 3 is 2.93 bits per heavy atom. The van der Waals surface area contributed by atoms with Crippen LogP contribution in [0.15, 0.2) is 18.2 Å². The van der Waals surface area contributed by atoms with Crippen LogP contribution in [-0.4, -0.2) is 16.9 Å². The van der Waals surface area contributed by atoms with Gasteiger partial charge < -0.3 is 10.7 Å². The van der Waals surface area contributed by atoms with Crippen molar-refractivity contribution in [2.75, 3.05) is 5.43 Å². The fourth-order valence-electron chi connectivity index (χ4n) is 1.04. The van der Waals surface area contributed by atoms with E-state index in [2.05, 4.69) is 15.7 Å². The van der Waals surface area contributed by atoms with Crippen molar-refractivity contribution in [1.29, 1.82) is 0 Å². The molecular formula is C10H16N4O. The van der Waals surface area contributed by atoms with E-state index in [4.69, 9.17) is 5.84 Å². The zero-order chi connectivity index (χ0) is 11.3. The Balaban J connectivity index is 2.73. The summed E-state index contributed by atoms with van der Waals surface area (Å²) in [6, 6.07) is 5.22. The molecule has 82 valence electrons. The average molecular weight is 208 g/mol. The number of aromatic nitrogens is 1. The highest BCUT2D eigenvalue weighted by Gasteiger charge is 2.09. The van der Waals surface area contributed by atoms with Gasteiger partial charge in [0.05, 0.1) is 0 Å². The van der Waals surface area contributed by atoms with E-state index in [9.17, 15) is 4.79 Å². The Kier molecular flexibility index (Phi) is 4.05. The third kappa shape index (κ3) is 3.21. The lowest BCUT2D eigenvalue weighted by Gasteiger charge is -2.11. The van der Waals surface area contributed by atoms with Gasteiger partial charge in [0.1, 0.15) is 11.5 Å². The van der Waals surface area contributed by atoms with Crippen molar-refractivity contribution >= 4 is 11.7 Å². The normalized spacial score (nSPS) is 11.9. The minimum Gasteiger partial charge on any atom is -0.348 e. The maximum Gasteiger partial charge on any atom is 0.270 e. The number of nitrogens with one attached hydrogen (secondary N) is 2. The molecule has 1 aromatic heterocycles. The Morgan fingerprint density at radius 2 is 2.33 bits per heavy atom. The molecule has 5 nitrogen and oxygen atoms in total. The molecule has 0 aliphatic rings. The first kappa shape index (κ1) is 11.5. The summed E-state index contributed by atoms with van der Waals surface area (Å²) in [6.45, 7) is 3.96. The minimum absolute atomic E-state index is 0.147. The Labute approximate surface area is 89.0 Å². The molecule has 0 aliphatic carbocycles. The zero-order valence-electron chi connectivity index (χ0n) is 8.95. The van der Waals surface area contributed by atoms with Gasteiger partial charge >= 0.3 is 0 Å². The summed E-state index contributed by atoms with van der Waals surface area (Å²) in [5.74, 6) is 5.50. The predicted octanol–water partition coefficient (Wildman–Crippen LogP) is 0.895. The summed E-state index contributed by atoms with van der Waals surface area (Å²) in [5.41, 5.74) is 2.76. The fourth-order valence-corrected chi connectivity index (χ4v) is 1.04. The lowest BCUT2D eigenvalue weighted by Crippen LogP contribution is -2.32. The number of hydrogen-bond donors (Lipinski definition) is 3. The first-order valence-corrected chi connectivity index (χ1v) is 4.92. The maximum atomic E-state index is 11.6. The molecule has 0 spiro atoms. The molecule has 0 bridgehead atoms. The summed E-state index contributed by atoms with van der Waals surface area (Å²) in [4.78, 5) is 15.7. The van der Waals surface area contributed by atoms with Gasteiger partial charge in [0.25, 0.3) is 5.91 Å². The molecule has 4 N–H and O–H groups in total. The second-order valence-electron chi connectivity index (χ2n) is 3.34. The van der Waals surface area contributed by atoms with Crippen LogP contribution in [0.1, 0.15) is 30.8 Å². The fraction of sp³-hybridized carbons (Fsp3) is 0.400. The van der Waals surface area contributed by atoms with E-state index in [1.807, 2.05) is 13.8 Å². The third-order valence-electron chi connectivity index (χ3n) is 2.12. The summed E-state index contributed by atoms with van der Waals surface area (Å²) in [6.07, 6.45) is 0.889. The standard InChI is InChI=1S/C10H16N4O/c1-3-7(2)12-10(15)8-5-4-6-9(13-8)14-11/h4-7H,3,11H2,1-2H3,(H,12,15)(H,13,14). The number of hydrazine groups is 1. The SMILES string of the molecule is CCC(C)NC(=O)c1cccc(NN)n1. The van der Waals surface area contributed by atoms with Crippen LogP contribution in [0.4, 0.5) is 5.82 Å². The number of nitrogens with zero attached hydrogens (tertiary/aromatic N) is 1. The highest BCUT2D eigenvalue weighted by Crippen LogP contribution is 2.03. The van der Waals surface area contributed by atoms with Gasteiger partial charge in [0.15, 0.2) is 0 Å². The molecule has 0 fully saturated rings.